The summed E-state index contributed by atoms with van der Waals surface area (Å²) in [6.07, 6.45) is 1.25. The molecule has 0 saturated heterocycles. The molecule has 0 aliphatic rings. The van der Waals surface area contributed by atoms with Crippen LogP contribution in [-0.2, 0) is 0 Å². The number of para-hydroxylation sites is 1. The first-order valence-electron chi connectivity index (χ1n) is 5.00. The Morgan fingerprint density at radius 1 is 1.23 bits per heavy atom. The Balaban J connectivity index is 2.53. The molecule has 0 heterocycles. The standard InChI is InChI=1S/C12H19N/c1-4-11(2)10-13(3)12-8-6-5-7-9-12/h5-9,11H,4,10H2,1-3H3. The van der Waals surface area contributed by atoms with Gasteiger partial charge in [0.05, 0.1) is 0 Å². The summed E-state index contributed by atoms with van der Waals surface area (Å²) in [6.45, 7) is 5.67. The maximum absolute atomic E-state index is 2.31. The molecule has 1 atom stereocenters. The van der Waals surface area contributed by atoms with Crippen LogP contribution in [0.5, 0.6) is 0 Å². The van der Waals surface area contributed by atoms with E-state index >= 15 is 0 Å². The molecule has 0 aromatic heterocycles. The van der Waals surface area contributed by atoms with Crippen LogP contribution < -0.4 is 4.90 Å². The van der Waals surface area contributed by atoms with Gasteiger partial charge in [0.2, 0.25) is 0 Å². The molecule has 0 bridgehead atoms. The van der Waals surface area contributed by atoms with E-state index in [0.717, 1.165) is 12.5 Å². The second-order valence-corrected chi connectivity index (χ2v) is 3.73. The van der Waals surface area contributed by atoms with Gasteiger partial charge in [-0.15, -0.1) is 0 Å². The van der Waals surface area contributed by atoms with Crippen LogP contribution in [0.2, 0.25) is 0 Å². The van der Waals surface area contributed by atoms with Crippen molar-refractivity contribution >= 4 is 5.69 Å². The minimum atomic E-state index is 0.769. The third-order valence-corrected chi connectivity index (χ3v) is 2.48. The zero-order valence-corrected chi connectivity index (χ0v) is 8.83. The molecule has 1 aromatic carbocycles. The van der Waals surface area contributed by atoms with Crippen molar-refractivity contribution < 1.29 is 0 Å². The Hall–Kier alpha value is -0.980. The van der Waals surface area contributed by atoms with Crippen molar-refractivity contribution in [2.75, 3.05) is 18.5 Å². The highest BCUT2D eigenvalue weighted by Crippen LogP contribution is 2.13. The molecule has 0 aliphatic heterocycles. The fourth-order valence-corrected chi connectivity index (χ4v) is 1.38. The zero-order chi connectivity index (χ0) is 9.68. The van der Waals surface area contributed by atoms with E-state index in [1.165, 1.54) is 12.1 Å². The summed E-state index contributed by atoms with van der Waals surface area (Å²) in [5, 5.41) is 0. The molecule has 0 saturated carbocycles. The Labute approximate surface area is 81.4 Å². The van der Waals surface area contributed by atoms with E-state index in [9.17, 15) is 0 Å². The van der Waals surface area contributed by atoms with E-state index in [1.807, 2.05) is 0 Å². The molecule has 1 aromatic rings. The number of hydrogen-bond donors (Lipinski definition) is 0. The summed E-state index contributed by atoms with van der Waals surface area (Å²) < 4.78 is 0. The highest BCUT2D eigenvalue weighted by Gasteiger charge is 2.03. The number of rotatable bonds is 4. The van der Waals surface area contributed by atoms with Crippen LogP contribution in [0.4, 0.5) is 5.69 Å². The normalized spacial score (nSPS) is 12.5. The number of anilines is 1. The van der Waals surface area contributed by atoms with Crippen molar-refractivity contribution in [2.45, 2.75) is 20.3 Å². The molecule has 0 amide bonds. The van der Waals surface area contributed by atoms with Gasteiger partial charge in [-0.2, -0.15) is 0 Å². The Kier molecular flexibility index (Phi) is 3.81. The molecule has 1 heteroatoms. The predicted molar refractivity (Wildman–Crippen MR) is 59.2 cm³/mol. The minimum absolute atomic E-state index is 0.769. The van der Waals surface area contributed by atoms with Gasteiger partial charge in [0.1, 0.15) is 0 Å². The van der Waals surface area contributed by atoms with E-state index in [-0.39, 0.29) is 0 Å². The molecular formula is C12H19N. The monoisotopic (exact) mass is 177 g/mol. The Morgan fingerprint density at radius 3 is 2.38 bits per heavy atom. The predicted octanol–water partition coefficient (Wildman–Crippen LogP) is 3.17. The fourth-order valence-electron chi connectivity index (χ4n) is 1.38. The number of nitrogens with zero attached hydrogens (tertiary/aromatic N) is 1. The molecule has 1 nitrogen and oxygen atoms in total. The van der Waals surface area contributed by atoms with Gasteiger partial charge < -0.3 is 4.90 Å². The van der Waals surface area contributed by atoms with Crippen LogP contribution >= 0.6 is 0 Å². The van der Waals surface area contributed by atoms with Crippen molar-refractivity contribution in [1.29, 1.82) is 0 Å². The third kappa shape index (κ3) is 3.10. The lowest BCUT2D eigenvalue weighted by Crippen LogP contribution is -2.23. The molecule has 0 spiro atoms. The van der Waals surface area contributed by atoms with Gasteiger partial charge in [0.15, 0.2) is 0 Å². The van der Waals surface area contributed by atoms with Crippen LogP contribution in [0.1, 0.15) is 20.3 Å². The van der Waals surface area contributed by atoms with E-state index in [1.54, 1.807) is 0 Å². The fraction of sp³-hybridized carbons (Fsp3) is 0.500. The van der Waals surface area contributed by atoms with Crippen molar-refractivity contribution in [3.05, 3.63) is 30.3 Å². The van der Waals surface area contributed by atoms with E-state index < -0.39 is 0 Å². The second-order valence-electron chi connectivity index (χ2n) is 3.73. The third-order valence-electron chi connectivity index (χ3n) is 2.48. The average Bonchev–Trinajstić information content (AvgIpc) is 2.19. The first kappa shape index (κ1) is 10.1. The maximum Gasteiger partial charge on any atom is 0.0363 e. The van der Waals surface area contributed by atoms with Crippen LogP contribution in [0.15, 0.2) is 30.3 Å². The molecule has 0 N–H and O–H groups in total. The highest BCUT2D eigenvalue weighted by molar-refractivity contribution is 5.44. The number of benzene rings is 1. The maximum atomic E-state index is 2.31. The Bertz CT molecular complexity index is 230. The lowest BCUT2D eigenvalue weighted by Gasteiger charge is -2.22. The minimum Gasteiger partial charge on any atom is -0.374 e. The van der Waals surface area contributed by atoms with Crippen molar-refractivity contribution in [3.63, 3.8) is 0 Å². The topological polar surface area (TPSA) is 3.24 Å². The molecule has 1 rings (SSSR count). The summed E-state index contributed by atoms with van der Waals surface area (Å²) in [5.74, 6) is 0.769. The van der Waals surface area contributed by atoms with Gasteiger partial charge >= 0.3 is 0 Å². The van der Waals surface area contributed by atoms with Gasteiger partial charge in [-0.05, 0) is 18.1 Å². The van der Waals surface area contributed by atoms with Gasteiger partial charge in [0, 0.05) is 19.3 Å². The SMILES string of the molecule is CCC(C)CN(C)c1ccccc1. The van der Waals surface area contributed by atoms with E-state index in [2.05, 4.69) is 56.1 Å². The Morgan fingerprint density at radius 2 is 1.85 bits per heavy atom. The molecule has 13 heavy (non-hydrogen) atoms. The largest absolute Gasteiger partial charge is 0.374 e. The van der Waals surface area contributed by atoms with Crippen LogP contribution in [-0.4, -0.2) is 13.6 Å². The summed E-state index contributed by atoms with van der Waals surface area (Å²) in [6, 6.07) is 10.5. The quantitative estimate of drug-likeness (QED) is 0.682. The van der Waals surface area contributed by atoms with Crippen LogP contribution in [0.3, 0.4) is 0 Å². The first-order chi connectivity index (χ1) is 6.24. The molecule has 0 fully saturated rings. The van der Waals surface area contributed by atoms with Crippen LogP contribution in [0.25, 0.3) is 0 Å². The van der Waals surface area contributed by atoms with Crippen molar-refractivity contribution in [2.24, 2.45) is 5.92 Å². The molecular weight excluding hydrogens is 158 g/mol. The summed E-state index contributed by atoms with van der Waals surface area (Å²) >= 11 is 0. The average molecular weight is 177 g/mol. The number of hydrogen-bond acceptors (Lipinski definition) is 1. The van der Waals surface area contributed by atoms with E-state index in [4.69, 9.17) is 0 Å². The molecule has 1 unspecified atom stereocenters. The van der Waals surface area contributed by atoms with Gasteiger partial charge in [-0.3, -0.25) is 0 Å². The summed E-state index contributed by atoms with van der Waals surface area (Å²) in [5.41, 5.74) is 1.31. The second kappa shape index (κ2) is 4.90. The lowest BCUT2D eigenvalue weighted by atomic mass is 10.1. The lowest BCUT2D eigenvalue weighted by molar-refractivity contribution is 0.560. The smallest absolute Gasteiger partial charge is 0.0363 e. The van der Waals surface area contributed by atoms with Gasteiger partial charge in [-0.1, -0.05) is 38.5 Å². The zero-order valence-electron chi connectivity index (χ0n) is 8.83. The van der Waals surface area contributed by atoms with Gasteiger partial charge in [-0.25, -0.2) is 0 Å². The van der Waals surface area contributed by atoms with Crippen molar-refractivity contribution in [3.8, 4) is 0 Å². The van der Waals surface area contributed by atoms with E-state index in [0.29, 0.717) is 0 Å². The highest BCUT2D eigenvalue weighted by atomic mass is 15.1. The molecule has 0 radical (unpaired) electrons. The first-order valence-corrected chi connectivity index (χ1v) is 5.00. The van der Waals surface area contributed by atoms with Crippen LogP contribution in [0, 0.1) is 5.92 Å². The van der Waals surface area contributed by atoms with Gasteiger partial charge in [0.25, 0.3) is 0 Å². The summed E-state index contributed by atoms with van der Waals surface area (Å²) in [7, 11) is 2.15. The van der Waals surface area contributed by atoms with Crippen molar-refractivity contribution in [1.82, 2.24) is 0 Å². The molecule has 72 valence electrons. The summed E-state index contributed by atoms with van der Waals surface area (Å²) in [4.78, 5) is 2.31. The molecule has 0 aliphatic carbocycles.